The van der Waals surface area contributed by atoms with Crippen molar-refractivity contribution in [3.8, 4) is 6.07 Å². The van der Waals surface area contributed by atoms with Crippen LogP contribution in [0.3, 0.4) is 0 Å². The Bertz CT molecular complexity index is 460. The lowest BCUT2D eigenvalue weighted by Crippen LogP contribution is -2.04. The van der Waals surface area contributed by atoms with E-state index >= 15 is 0 Å². The molecule has 0 aliphatic carbocycles. The van der Waals surface area contributed by atoms with E-state index in [0.29, 0.717) is 11.1 Å². The molecule has 0 radical (unpaired) electrons. The van der Waals surface area contributed by atoms with Gasteiger partial charge in [0.25, 0.3) is 0 Å². The second kappa shape index (κ2) is 5.28. The number of nitriles is 1. The van der Waals surface area contributed by atoms with E-state index in [1.807, 2.05) is 26.8 Å². The number of hydrogen-bond donors (Lipinski definition) is 0. The van der Waals surface area contributed by atoms with Crippen LogP contribution in [0.4, 0.5) is 10.1 Å². The molecule has 0 fully saturated rings. The molecule has 1 aromatic carbocycles. The Balaban J connectivity index is 2.97. The van der Waals surface area contributed by atoms with Gasteiger partial charge in [-0.3, -0.25) is 0 Å². The van der Waals surface area contributed by atoms with Gasteiger partial charge >= 0.3 is 0 Å². The zero-order valence-corrected chi connectivity index (χ0v) is 11.1. The van der Waals surface area contributed by atoms with Crippen molar-refractivity contribution < 1.29 is 4.39 Å². The monoisotopic (exact) mass is 251 g/mol. The molecule has 5 heteroatoms. The van der Waals surface area contributed by atoms with Gasteiger partial charge in [0, 0.05) is 16.7 Å². The first kappa shape index (κ1) is 13.7. The molecule has 0 amide bonds. The zero-order chi connectivity index (χ0) is 13.1. The normalized spacial score (nSPS) is 11.8. The average Bonchev–Trinajstić information content (AvgIpc) is 2.20. The maximum atomic E-state index is 13.6. The predicted molar refractivity (Wildman–Crippen MR) is 67.7 cm³/mol. The summed E-state index contributed by atoms with van der Waals surface area (Å²) in [5.74, 6) is -0.514. The van der Waals surface area contributed by atoms with Gasteiger partial charge in [0.05, 0.1) is 11.6 Å². The van der Waals surface area contributed by atoms with Crippen LogP contribution in [-0.2, 0) is 0 Å². The van der Waals surface area contributed by atoms with E-state index in [2.05, 4.69) is 9.63 Å². The largest absolute Gasteiger partial charge is 0.204 e. The Hall–Kier alpha value is -1.41. The van der Waals surface area contributed by atoms with Crippen molar-refractivity contribution >= 4 is 17.6 Å². The molecule has 0 spiro atoms. The fourth-order valence-corrected chi connectivity index (χ4v) is 1.48. The van der Waals surface area contributed by atoms with Crippen molar-refractivity contribution in [1.82, 2.24) is 0 Å². The Kier molecular flexibility index (Phi) is 4.24. The molecule has 1 rings (SSSR count). The van der Waals surface area contributed by atoms with Gasteiger partial charge in [0.2, 0.25) is 0 Å². The molecule has 0 bridgehead atoms. The Labute approximate surface area is 105 Å². The Morgan fingerprint density at radius 1 is 1.35 bits per heavy atom. The van der Waals surface area contributed by atoms with Gasteiger partial charge in [-0.2, -0.15) is 5.26 Å². The number of hydrogen-bond acceptors (Lipinski definition) is 4. The first-order chi connectivity index (χ1) is 7.83. The first-order valence-electron chi connectivity index (χ1n) is 5.13. The summed E-state index contributed by atoms with van der Waals surface area (Å²) in [6, 6.07) is 4.66. The molecule has 0 aliphatic heterocycles. The fourth-order valence-electron chi connectivity index (χ4n) is 1.11. The highest BCUT2D eigenvalue weighted by Gasteiger charge is 2.11. The van der Waals surface area contributed by atoms with E-state index < -0.39 is 5.82 Å². The fraction of sp³-hybridized carbons (Fsp3) is 0.417. The third-order valence-corrected chi connectivity index (χ3v) is 2.55. The molecule has 0 saturated heterocycles. The van der Waals surface area contributed by atoms with Crippen LogP contribution in [0.15, 0.2) is 21.8 Å². The van der Waals surface area contributed by atoms with E-state index in [1.165, 1.54) is 18.0 Å². The molecule has 0 aliphatic rings. The highest BCUT2D eigenvalue weighted by Crippen LogP contribution is 2.29. The van der Waals surface area contributed by atoms with Crippen LogP contribution in [0.25, 0.3) is 0 Å². The molecule has 90 valence electrons. The van der Waals surface area contributed by atoms with Gasteiger partial charge in [-0.1, -0.05) is 0 Å². The van der Waals surface area contributed by atoms with Crippen LogP contribution in [0.2, 0.25) is 0 Å². The van der Waals surface area contributed by atoms with Gasteiger partial charge < -0.3 is 0 Å². The minimum atomic E-state index is -0.514. The minimum Gasteiger partial charge on any atom is -0.204 e. The third kappa shape index (κ3) is 4.16. The number of halogens is 1. The SMILES string of the molecule is Cc1cc(C#N)cc(F)c1N=NSC(C)(C)C. The van der Waals surface area contributed by atoms with Crippen LogP contribution in [0.5, 0.6) is 0 Å². The molecule has 0 heterocycles. The highest BCUT2D eigenvalue weighted by atomic mass is 32.2. The molecular weight excluding hydrogens is 237 g/mol. The lowest BCUT2D eigenvalue weighted by molar-refractivity contribution is 0.627. The van der Waals surface area contributed by atoms with Crippen molar-refractivity contribution in [2.45, 2.75) is 32.4 Å². The van der Waals surface area contributed by atoms with Crippen LogP contribution in [0, 0.1) is 24.1 Å². The lowest BCUT2D eigenvalue weighted by Gasteiger charge is -2.11. The maximum Gasteiger partial charge on any atom is 0.152 e. The predicted octanol–water partition coefficient (Wildman–Crippen LogP) is 4.54. The van der Waals surface area contributed by atoms with Crippen molar-refractivity contribution in [3.63, 3.8) is 0 Å². The summed E-state index contributed by atoms with van der Waals surface area (Å²) in [5, 5.41) is 12.6. The van der Waals surface area contributed by atoms with E-state index in [-0.39, 0.29) is 10.4 Å². The topological polar surface area (TPSA) is 48.5 Å². The molecular formula is C12H14FN3S. The van der Waals surface area contributed by atoms with Gasteiger partial charge in [-0.05, 0) is 45.4 Å². The Morgan fingerprint density at radius 2 is 2.00 bits per heavy atom. The van der Waals surface area contributed by atoms with E-state index in [4.69, 9.17) is 5.26 Å². The molecule has 1 aromatic rings. The van der Waals surface area contributed by atoms with E-state index in [1.54, 1.807) is 13.0 Å². The maximum absolute atomic E-state index is 13.6. The molecule has 0 aromatic heterocycles. The summed E-state index contributed by atoms with van der Waals surface area (Å²) < 4.78 is 17.5. The average molecular weight is 251 g/mol. The summed E-state index contributed by atoms with van der Waals surface area (Å²) >= 11 is 1.28. The second-order valence-corrected chi connectivity index (χ2v) is 6.19. The summed E-state index contributed by atoms with van der Waals surface area (Å²) in [4.78, 5) is 0. The number of rotatable bonds is 2. The van der Waals surface area contributed by atoms with Crippen LogP contribution in [-0.4, -0.2) is 4.75 Å². The molecule has 0 saturated carbocycles. The minimum absolute atomic E-state index is 0.0551. The highest BCUT2D eigenvalue weighted by molar-refractivity contribution is 7.99. The van der Waals surface area contributed by atoms with Crippen molar-refractivity contribution in [1.29, 1.82) is 5.26 Å². The molecule has 0 unspecified atom stereocenters. The first-order valence-corrected chi connectivity index (χ1v) is 5.90. The molecule has 3 nitrogen and oxygen atoms in total. The van der Waals surface area contributed by atoms with Crippen LogP contribution >= 0.6 is 11.9 Å². The van der Waals surface area contributed by atoms with Gasteiger partial charge in [0.1, 0.15) is 5.69 Å². The smallest absolute Gasteiger partial charge is 0.152 e. The number of aryl methyl sites for hydroxylation is 1. The molecule has 0 atom stereocenters. The standard InChI is InChI=1S/C12H14FN3S/c1-8-5-9(7-14)6-10(13)11(8)15-16-17-12(2,3)4/h5-6H,1-4H3. The summed E-state index contributed by atoms with van der Waals surface area (Å²) in [6.07, 6.45) is 0. The van der Waals surface area contributed by atoms with Gasteiger partial charge in [-0.15, -0.1) is 9.63 Å². The molecule has 0 N–H and O–H groups in total. The summed E-state index contributed by atoms with van der Waals surface area (Å²) in [7, 11) is 0. The van der Waals surface area contributed by atoms with Crippen molar-refractivity contribution in [2.75, 3.05) is 0 Å². The van der Waals surface area contributed by atoms with Crippen molar-refractivity contribution in [2.24, 2.45) is 9.63 Å². The van der Waals surface area contributed by atoms with E-state index in [0.717, 1.165) is 0 Å². The summed E-state index contributed by atoms with van der Waals surface area (Å²) in [5.41, 5.74) is 1.10. The van der Waals surface area contributed by atoms with Crippen molar-refractivity contribution in [3.05, 3.63) is 29.1 Å². The van der Waals surface area contributed by atoms with Gasteiger partial charge in [0.15, 0.2) is 5.82 Å². The van der Waals surface area contributed by atoms with E-state index in [9.17, 15) is 4.39 Å². The number of nitrogens with zero attached hydrogens (tertiary/aromatic N) is 3. The van der Waals surface area contributed by atoms with Crippen LogP contribution in [0.1, 0.15) is 31.9 Å². The summed E-state index contributed by atoms with van der Waals surface area (Å²) in [6.45, 7) is 7.70. The van der Waals surface area contributed by atoms with Crippen LogP contribution < -0.4 is 0 Å². The second-order valence-electron chi connectivity index (χ2n) is 4.62. The third-order valence-electron chi connectivity index (χ3n) is 1.84. The zero-order valence-electron chi connectivity index (χ0n) is 10.3. The lowest BCUT2D eigenvalue weighted by atomic mass is 10.1. The Morgan fingerprint density at radius 3 is 2.47 bits per heavy atom. The quantitative estimate of drug-likeness (QED) is 0.572. The van der Waals surface area contributed by atoms with Gasteiger partial charge in [-0.25, -0.2) is 4.39 Å². The molecule has 17 heavy (non-hydrogen) atoms. The number of benzene rings is 1.